The second-order valence-electron chi connectivity index (χ2n) is 7.65. The number of amides is 2. The Hall–Kier alpha value is -3.00. The van der Waals surface area contributed by atoms with Crippen molar-refractivity contribution in [2.75, 3.05) is 32.3 Å². The summed E-state index contributed by atoms with van der Waals surface area (Å²) in [5, 5.41) is 0. The quantitative estimate of drug-likeness (QED) is 0.726. The normalized spacial score (nSPS) is 18.1. The first kappa shape index (κ1) is 20.3. The van der Waals surface area contributed by atoms with Crippen LogP contribution in [0.15, 0.2) is 24.3 Å². The number of hydrogen-bond donors (Lipinski definition) is 0. The first-order chi connectivity index (χ1) is 14.5. The van der Waals surface area contributed by atoms with Crippen LogP contribution in [0.5, 0.6) is 5.75 Å². The number of fused-ring (bicyclic) bond motifs is 1. The number of carbonyl (C=O) groups is 2. The van der Waals surface area contributed by atoms with Gasteiger partial charge in [0, 0.05) is 24.9 Å². The number of aromatic nitrogens is 2. The maximum Gasteiger partial charge on any atom is 0.249 e. The lowest BCUT2D eigenvalue weighted by atomic mass is 10.1. The molecule has 8 nitrogen and oxygen atoms in total. The molecule has 1 aromatic carbocycles. The minimum atomic E-state index is -0.185. The Morgan fingerprint density at radius 2 is 1.97 bits per heavy atom. The molecule has 2 aliphatic heterocycles. The molecule has 4 rings (SSSR count). The van der Waals surface area contributed by atoms with Gasteiger partial charge in [-0.2, -0.15) is 0 Å². The van der Waals surface area contributed by atoms with Gasteiger partial charge in [0.2, 0.25) is 11.8 Å². The Bertz CT molecular complexity index is 960. The molecule has 0 unspecified atom stereocenters. The third-order valence-corrected chi connectivity index (χ3v) is 5.73. The molecule has 0 spiro atoms. The van der Waals surface area contributed by atoms with Crippen LogP contribution in [0, 0.1) is 6.92 Å². The van der Waals surface area contributed by atoms with E-state index in [1.165, 1.54) is 7.11 Å². The average Bonchev–Trinajstić information content (AvgIpc) is 3.35. The van der Waals surface area contributed by atoms with Crippen molar-refractivity contribution >= 4 is 17.6 Å². The monoisotopic (exact) mass is 410 g/mol. The summed E-state index contributed by atoms with van der Waals surface area (Å²) in [5.74, 6) is 1.98. The van der Waals surface area contributed by atoms with E-state index in [9.17, 15) is 9.59 Å². The van der Waals surface area contributed by atoms with E-state index < -0.39 is 0 Å². The summed E-state index contributed by atoms with van der Waals surface area (Å²) < 4.78 is 10.2. The number of likely N-dealkylation sites (tertiary alicyclic amines) is 1. The molecule has 2 amide bonds. The Morgan fingerprint density at radius 3 is 2.67 bits per heavy atom. The van der Waals surface area contributed by atoms with E-state index in [-0.39, 0.29) is 24.5 Å². The highest BCUT2D eigenvalue weighted by atomic mass is 16.5. The van der Waals surface area contributed by atoms with Crippen LogP contribution in [-0.2, 0) is 27.3 Å². The lowest BCUT2D eigenvalue weighted by molar-refractivity contribution is -0.136. The van der Waals surface area contributed by atoms with E-state index in [1.807, 2.05) is 31.2 Å². The van der Waals surface area contributed by atoms with E-state index in [1.54, 1.807) is 16.9 Å². The lowest BCUT2D eigenvalue weighted by Gasteiger charge is -2.25. The molecule has 1 aromatic heterocycles. The van der Waals surface area contributed by atoms with Crippen LogP contribution in [0.3, 0.4) is 0 Å². The number of ether oxygens (including phenoxy) is 2. The van der Waals surface area contributed by atoms with Gasteiger partial charge in [0.15, 0.2) is 5.82 Å². The maximum atomic E-state index is 12.8. The smallest absolute Gasteiger partial charge is 0.249 e. The molecular weight excluding hydrogens is 384 g/mol. The first-order valence-electron chi connectivity index (χ1n) is 10.1. The van der Waals surface area contributed by atoms with Gasteiger partial charge in [0.25, 0.3) is 0 Å². The Kier molecular flexibility index (Phi) is 5.67. The lowest BCUT2D eigenvalue weighted by Crippen LogP contribution is -2.34. The summed E-state index contributed by atoms with van der Waals surface area (Å²) in [7, 11) is 3.14. The van der Waals surface area contributed by atoms with Crippen molar-refractivity contribution in [3.63, 3.8) is 0 Å². The van der Waals surface area contributed by atoms with Crippen molar-refractivity contribution in [1.82, 2.24) is 14.9 Å². The van der Waals surface area contributed by atoms with Crippen molar-refractivity contribution in [2.24, 2.45) is 0 Å². The molecule has 2 aliphatic rings. The summed E-state index contributed by atoms with van der Waals surface area (Å²) in [5.41, 5.74) is 2.66. The van der Waals surface area contributed by atoms with Crippen LogP contribution in [0.4, 0.5) is 5.82 Å². The van der Waals surface area contributed by atoms with Gasteiger partial charge in [0.1, 0.15) is 18.2 Å². The first-order valence-corrected chi connectivity index (χ1v) is 10.1. The van der Waals surface area contributed by atoms with Gasteiger partial charge in [-0.3, -0.25) is 14.5 Å². The summed E-state index contributed by atoms with van der Waals surface area (Å²) in [6.45, 7) is 3.05. The van der Waals surface area contributed by atoms with Crippen molar-refractivity contribution in [3.05, 3.63) is 46.9 Å². The predicted octanol–water partition coefficient (Wildman–Crippen LogP) is 2.19. The van der Waals surface area contributed by atoms with Gasteiger partial charge in [-0.1, -0.05) is 12.1 Å². The standard InChI is InChI=1S/C22H26N4O4/c1-14-17-11-19(27)26(12-15-6-8-16(30-3)9-7-15)22(17)24-21(23-14)18-5-4-10-25(18)20(28)13-29-2/h6-9,18H,4-5,10-13H2,1-3H3/t18-/m0/s1. The van der Waals surface area contributed by atoms with E-state index in [4.69, 9.17) is 14.5 Å². The molecule has 158 valence electrons. The summed E-state index contributed by atoms with van der Waals surface area (Å²) in [6.07, 6.45) is 2.00. The molecule has 0 aliphatic carbocycles. The molecule has 30 heavy (non-hydrogen) atoms. The van der Waals surface area contributed by atoms with Gasteiger partial charge in [-0.15, -0.1) is 0 Å². The number of anilines is 1. The molecule has 0 radical (unpaired) electrons. The van der Waals surface area contributed by atoms with Gasteiger partial charge < -0.3 is 14.4 Å². The minimum absolute atomic E-state index is 0.00843. The Morgan fingerprint density at radius 1 is 1.20 bits per heavy atom. The predicted molar refractivity (Wildman–Crippen MR) is 110 cm³/mol. The summed E-state index contributed by atoms with van der Waals surface area (Å²) >= 11 is 0. The van der Waals surface area contributed by atoms with E-state index in [0.29, 0.717) is 31.2 Å². The van der Waals surface area contributed by atoms with Crippen molar-refractivity contribution < 1.29 is 19.1 Å². The van der Waals surface area contributed by atoms with Crippen LogP contribution in [0.25, 0.3) is 0 Å². The van der Waals surface area contributed by atoms with Crippen LogP contribution < -0.4 is 9.64 Å². The van der Waals surface area contributed by atoms with Gasteiger partial charge in [-0.25, -0.2) is 9.97 Å². The van der Waals surface area contributed by atoms with Crippen LogP contribution in [0.1, 0.15) is 41.5 Å². The fraction of sp³-hybridized carbons (Fsp3) is 0.455. The average molecular weight is 410 g/mol. The third kappa shape index (κ3) is 3.75. The third-order valence-electron chi connectivity index (χ3n) is 5.73. The number of benzene rings is 1. The van der Waals surface area contributed by atoms with Crippen molar-refractivity contribution in [1.29, 1.82) is 0 Å². The summed E-state index contributed by atoms with van der Waals surface area (Å²) in [6, 6.07) is 7.47. The topological polar surface area (TPSA) is 84.9 Å². The summed E-state index contributed by atoms with van der Waals surface area (Å²) in [4.78, 5) is 38.1. The SMILES string of the molecule is COCC(=O)N1CCC[C@H]1c1nc(C)c2c(n1)N(Cc1ccc(OC)cc1)C(=O)C2. The van der Waals surface area contributed by atoms with E-state index in [0.717, 1.165) is 35.4 Å². The van der Waals surface area contributed by atoms with E-state index >= 15 is 0 Å². The molecule has 1 saturated heterocycles. The van der Waals surface area contributed by atoms with Crippen molar-refractivity contribution in [2.45, 2.75) is 38.8 Å². The highest BCUT2D eigenvalue weighted by Crippen LogP contribution is 2.35. The largest absolute Gasteiger partial charge is 0.497 e. The van der Waals surface area contributed by atoms with Crippen LogP contribution in [0.2, 0.25) is 0 Å². The number of aryl methyl sites for hydroxylation is 1. The van der Waals surface area contributed by atoms with Crippen LogP contribution >= 0.6 is 0 Å². The molecule has 8 heteroatoms. The molecule has 1 fully saturated rings. The zero-order chi connectivity index (χ0) is 21.3. The van der Waals surface area contributed by atoms with Gasteiger partial charge in [0.05, 0.1) is 26.1 Å². The fourth-order valence-corrected chi connectivity index (χ4v) is 4.16. The number of nitrogens with zero attached hydrogens (tertiary/aromatic N) is 4. The number of rotatable bonds is 6. The highest BCUT2D eigenvalue weighted by molar-refractivity contribution is 6.00. The Labute approximate surface area is 175 Å². The molecule has 0 N–H and O–H groups in total. The van der Waals surface area contributed by atoms with Gasteiger partial charge >= 0.3 is 0 Å². The molecule has 2 aromatic rings. The maximum absolute atomic E-state index is 12.8. The Balaban J connectivity index is 1.63. The number of hydrogen-bond acceptors (Lipinski definition) is 6. The van der Waals surface area contributed by atoms with Crippen LogP contribution in [-0.4, -0.2) is 54.1 Å². The highest BCUT2D eigenvalue weighted by Gasteiger charge is 2.36. The van der Waals surface area contributed by atoms with Gasteiger partial charge in [-0.05, 0) is 37.5 Å². The number of methoxy groups -OCH3 is 2. The molecule has 1 atom stereocenters. The zero-order valence-electron chi connectivity index (χ0n) is 17.6. The second-order valence-corrected chi connectivity index (χ2v) is 7.65. The molecule has 0 saturated carbocycles. The van der Waals surface area contributed by atoms with Crippen molar-refractivity contribution in [3.8, 4) is 5.75 Å². The van der Waals surface area contributed by atoms with E-state index in [2.05, 4.69) is 4.98 Å². The molecule has 3 heterocycles. The number of carbonyl (C=O) groups excluding carboxylic acids is 2. The molecule has 0 bridgehead atoms. The second kappa shape index (κ2) is 8.39. The zero-order valence-corrected chi connectivity index (χ0v) is 17.6. The molecular formula is C22H26N4O4. The minimum Gasteiger partial charge on any atom is -0.497 e. The fourth-order valence-electron chi connectivity index (χ4n) is 4.16.